The van der Waals surface area contributed by atoms with E-state index in [1.807, 2.05) is 36.9 Å². The van der Waals surface area contributed by atoms with Crippen LogP contribution in [0, 0.1) is 0 Å². The Morgan fingerprint density at radius 3 is 2.24 bits per heavy atom. The predicted octanol–water partition coefficient (Wildman–Crippen LogP) is 1.28. The van der Waals surface area contributed by atoms with Crippen molar-refractivity contribution in [2.75, 3.05) is 47.1 Å². The summed E-state index contributed by atoms with van der Waals surface area (Å²) >= 11 is 0. The average molecular weight is 353 g/mol. The molecule has 0 saturated carbocycles. The molecule has 0 aliphatic heterocycles. The number of aromatic nitrogens is 1. The number of aryl methyl sites for hydroxylation is 1. The zero-order valence-electron chi connectivity index (χ0n) is 15.9. The lowest BCUT2D eigenvalue weighted by Gasteiger charge is -2.27. The van der Waals surface area contributed by atoms with Gasteiger partial charge in [-0.2, -0.15) is 0 Å². The maximum atomic E-state index is 12.8. The van der Waals surface area contributed by atoms with Crippen molar-refractivity contribution in [3.8, 4) is 0 Å². The quantitative estimate of drug-likeness (QED) is 0.568. The Morgan fingerprint density at radius 2 is 1.72 bits per heavy atom. The Morgan fingerprint density at radius 1 is 1.08 bits per heavy atom. The van der Waals surface area contributed by atoms with Crippen molar-refractivity contribution < 1.29 is 19.1 Å². The Kier molecular flexibility index (Phi) is 9.87. The molecule has 1 aromatic rings. The highest BCUT2D eigenvalue weighted by atomic mass is 16.5. The Labute approximate surface area is 150 Å². The van der Waals surface area contributed by atoms with Crippen LogP contribution in [0.15, 0.2) is 18.3 Å². The van der Waals surface area contributed by atoms with Crippen molar-refractivity contribution in [2.45, 2.75) is 26.3 Å². The van der Waals surface area contributed by atoms with Crippen molar-refractivity contribution in [3.63, 3.8) is 0 Å². The van der Waals surface area contributed by atoms with Gasteiger partial charge in [-0.15, -0.1) is 0 Å². The van der Waals surface area contributed by atoms with Crippen LogP contribution in [0.3, 0.4) is 0 Å². The van der Waals surface area contributed by atoms with Crippen LogP contribution in [0.2, 0.25) is 0 Å². The molecule has 25 heavy (non-hydrogen) atoms. The van der Waals surface area contributed by atoms with Crippen LogP contribution in [0.25, 0.3) is 0 Å². The largest absolute Gasteiger partial charge is 0.383 e. The molecule has 0 aliphatic carbocycles. The molecule has 0 fully saturated rings. The van der Waals surface area contributed by atoms with Gasteiger partial charge in [0.05, 0.1) is 26.3 Å². The first-order valence-electron chi connectivity index (χ1n) is 8.67. The van der Waals surface area contributed by atoms with Gasteiger partial charge >= 0.3 is 0 Å². The van der Waals surface area contributed by atoms with E-state index in [0.717, 1.165) is 12.1 Å². The third kappa shape index (κ3) is 7.27. The molecule has 0 bridgehead atoms. The second kappa shape index (κ2) is 11.7. The third-order valence-electron chi connectivity index (χ3n) is 4.03. The molecule has 2 amide bonds. The summed E-state index contributed by atoms with van der Waals surface area (Å²) in [5.41, 5.74) is 1.03. The number of nitrogens with zero attached hydrogens (tertiary/aromatic N) is 3. The van der Waals surface area contributed by atoms with E-state index < -0.39 is 0 Å². The topological polar surface area (TPSA) is 64.0 Å². The molecule has 0 spiro atoms. The van der Waals surface area contributed by atoms with Gasteiger partial charge in [-0.3, -0.25) is 9.59 Å². The van der Waals surface area contributed by atoms with Crippen LogP contribution >= 0.6 is 0 Å². The van der Waals surface area contributed by atoms with E-state index in [2.05, 4.69) is 0 Å². The number of ether oxygens (including phenoxy) is 2. The molecule has 142 valence electrons. The number of carbonyl (C=O) groups is 2. The van der Waals surface area contributed by atoms with E-state index >= 15 is 0 Å². The minimum Gasteiger partial charge on any atom is -0.383 e. The van der Waals surface area contributed by atoms with Gasteiger partial charge in [-0.1, -0.05) is 6.92 Å². The van der Waals surface area contributed by atoms with E-state index in [-0.39, 0.29) is 18.4 Å². The third-order valence-corrected chi connectivity index (χ3v) is 4.03. The summed E-state index contributed by atoms with van der Waals surface area (Å²) in [5.74, 6) is -0.0998. The number of hydrogen-bond acceptors (Lipinski definition) is 4. The van der Waals surface area contributed by atoms with Crippen LogP contribution in [0.1, 0.15) is 25.5 Å². The molecule has 7 nitrogen and oxygen atoms in total. The van der Waals surface area contributed by atoms with Crippen molar-refractivity contribution in [3.05, 3.63) is 24.0 Å². The second-order valence-electron chi connectivity index (χ2n) is 5.98. The van der Waals surface area contributed by atoms with E-state index in [0.29, 0.717) is 39.3 Å². The molecular formula is C18H31N3O4. The summed E-state index contributed by atoms with van der Waals surface area (Å²) in [5, 5.41) is 0. The van der Waals surface area contributed by atoms with Crippen molar-refractivity contribution in [2.24, 2.45) is 7.05 Å². The highest BCUT2D eigenvalue weighted by Gasteiger charge is 2.21. The van der Waals surface area contributed by atoms with Gasteiger partial charge in [0.15, 0.2) is 0 Å². The van der Waals surface area contributed by atoms with E-state index in [9.17, 15) is 9.59 Å². The Bertz CT molecular complexity index is 530. The lowest BCUT2D eigenvalue weighted by Crippen LogP contribution is -2.44. The van der Waals surface area contributed by atoms with Gasteiger partial charge in [0.1, 0.15) is 0 Å². The maximum absolute atomic E-state index is 12.8. The fraction of sp³-hybridized carbons (Fsp3) is 0.667. The molecule has 1 aromatic heterocycles. The predicted molar refractivity (Wildman–Crippen MR) is 96.1 cm³/mol. The molecule has 1 heterocycles. The van der Waals surface area contributed by atoms with Crippen LogP contribution in [0.5, 0.6) is 0 Å². The minimum absolute atomic E-state index is 0.0153. The zero-order valence-corrected chi connectivity index (χ0v) is 15.9. The van der Waals surface area contributed by atoms with Crippen LogP contribution < -0.4 is 0 Å². The van der Waals surface area contributed by atoms with Crippen LogP contribution in [-0.4, -0.2) is 73.2 Å². The standard InChI is InChI=1S/C18H31N3O4/c1-5-7-17(22)21(11-13-25-4)15-18(23)20(10-12-24-3)14-16-8-6-9-19(16)2/h6,8-9H,5,7,10-15H2,1-4H3. The Hall–Kier alpha value is -1.86. The van der Waals surface area contributed by atoms with Gasteiger partial charge in [-0.05, 0) is 18.6 Å². The number of hydrogen-bond donors (Lipinski definition) is 0. The molecule has 0 unspecified atom stereocenters. The normalized spacial score (nSPS) is 10.7. The molecule has 0 aliphatic rings. The van der Waals surface area contributed by atoms with Gasteiger partial charge in [0.25, 0.3) is 0 Å². The molecule has 0 atom stereocenters. The average Bonchev–Trinajstić information content (AvgIpc) is 3.00. The van der Waals surface area contributed by atoms with Gasteiger partial charge in [0, 0.05) is 52.7 Å². The minimum atomic E-state index is -0.0844. The van der Waals surface area contributed by atoms with Crippen molar-refractivity contribution in [1.29, 1.82) is 0 Å². The van der Waals surface area contributed by atoms with Crippen molar-refractivity contribution in [1.82, 2.24) is 14.4 Å². The van der Waals surface area contributed by atoms with E-state index in [1.54, 1.807) is 24.0 Å². The highest BCUT2D eigenvalue weighted by molar-refractivity contribution is 5.84. The SMILES string of the molecule is CCCC(=O)N(CCOC)CC(=O)N(CCOC)Cc1cccn1C. The van der Waals surface area contributed by atoms with Crippen LogP contribution in [0.4, 0.5) is 0 Å². The lowest BCUT2D eigenvalue weighted by molar-refractivity contribution is -0.141. The molecule has 0 saturated heterocycles. The summed E-state index contributed by atoms with van der Waals surface area (Å²) in [4.78, 5) is 28.4. The fourth-order valence-corrected chi connectivity index (χ4v) is 2.48. The number of carbonyl (C=O) groups excluding carboxylic acids is 2. The fourth-order valence-electron chi connectivity index (χ4n) is 2.48. The summed E-state index contributed by atoms with van der Waals surface area (Å²) in [6.45, 7) is 4.29. The van der Waals surface area contributed by atoms with Gasteiger partial charge < -0.3 is 23.8 Å². The zero-order chi connectivity index (χ0) is 18.7. The summed E-state index contributed by atoms with van der Waals surface area (Å²) in [7, 11) is 5.15. The van der Waals surface area contributed by atoms with Gasteiger partial charge in [-0.25, -0.2) is 0 Å². The van der Waals surface area contributed by atoms with E-state index in [4.69, 9.17) is 9.47 Å². The highest BCUT2D eigenvalue weighted by Crippen LogP contribution is 2.07. The van der Waals surface area contributed by atoms with E-state index in [1.165, 1.54) is 0 Å². The summed E-state index contributed by atoms with van der Waals surface area (Å²) < 4.78 is 12.2. The van der Waals surface area contributed by atoms with Crippen LogP contribution in [-0.2, 0) is 32.7 Å². The first-order chi connectivity index (χ1) is 12.0. The molecule has 0 radical (unpaired) electrons. The first-order valence-corrected chi connectivity index (χ1v) is 8.67. The summed E-state index contributed by atoms with van der Waals surface area (Å²) in [6, 6.07) is 3.93. The van der Waals surface area contributed by atoms with Crippen molar-refractivity contribution >= 4 is 11.8 Å². The molecule has 0 N–H and O–H groups in total. The second-order valence-corrected chi connectivity index (χ2v) is 5.98. The molecule has 7 heteroatoms. The molecule has 1 rings (SSSR count). The molecular weight excluding hydrogens is 322 g/mol. The summed E-state index contributed by atoms with van der Waals surface area (Å²) in [6.07, 6.45) is 3.14. The first kappa shape index (κ1) is 21.2. The maximum Gasteiger partial charge on any atom is 0.242 e. The van der Waals surface area contributed by atoms with Gasteiger partial charge in [0.2, 0.25) is 11.8 Å². The molecule has 0 aromatic carbocycles. The smallest absolute Gasteiger partial charge is 0.242 e. The lowest BCUT2D eigenvalue weighted by atomic mass is 10.2. The monoisotopic (exact) mass is 353 g/mol. The Balaban J connectivity index is 2.78. The number of rotatable bonds is 12. The number of methoxy groups -OCH3 is 2. The number of amides is 2.